The van der Waals surface area contributed by atoms with Crippen LogP contribution in [0.1, 0.15) is 134 Å². The summed E-state index contributed by atoms with van der Waals surface area (Å²) in [5.41, 5.74) is -9.18. The summed E-state index contributed by atoms with van der Waals surface area (Å²) in [6, 6.07) is 12.4. The van der Waals surface area contributed by atoms with E-state index in [1.165, 1.54) is 45.0 Å². The van der Waals surface area contributed by atoms with E-state index >= 15 is 0 Å². The Labute approximate surface area is 506 Å². The van der Waals surface area contributed by atoms with Crippen LogP contribution in [-0.4, -0.2) is 141 Å². The lowest BCUT2D eigenvalue weighted by Crippen LogP contribution is -2.77. The van der Waals surface area contributed by atoms with Gasteiger partial charge in [0, 0.05) is 76.8 Å². The van der Waals surface area contributed by atoms with E-state index in [9.17, 15) is 58.8 Å². The highest BCUT2D eigenvalue weighted by Gasteiger charge is 2.93. The monoisotopic (exact) mass is 1220 g/mol. The first kappa shape index (κ1) is 59.9. The Morgan fingerprint density at radius 3 is 1.89 bits per heavy atom. The Balaban J connectivity index is 0.820. The Morgan fingerprint density at radius 2 is 1.31 bits per heavy atom. The molecule has 0 bridgehead atoms. The van der Waals surface area contributed by atoms with Crippen LogP contribution in [0.4, 0.5) is 0 Å². The van der Waals surface area contributed by atoms with E-state index in [1.54, 1.807) is 92.6 Å². The van der Waals surface area contributed by atoms with Crippen LogP contribution < -0.4 is 24.8 Å². The van der Waals surface area contributed by atoms with Crippen LogP contribution in [0.5, 0.6) is 23.0 Å². The van der Waals surface area contributed by atoms with Gasteiger partial charge in [-0.05, 0) is 122 Å². The summed E-state index contributed by atoms with van der Waals surface area (Å²) in [7, 11) is 0. The molecule has 2 unspecified atom stereocenters. The van der Waals surface area contributed by atoms with Crippen molar-refractivity contribution in [3.63, 3.8) is 0 Å². The summed E-state index contributed by atoms with van der Waals surface area (Å²) < 4.78 is 55.1. The van der Waals surface area contributed by atoms with E-state index in [-0.39, 0.29) is 40.5 Å². The number of rotatable bonds is 8. The molecular formula is C65H74N2O21. The van der Waals surface area contributed by atoms with Gasteiger partial charge in [-0.1, -0.05) is 26.8 Å². The van der Waals surface area contributed by atoms with Crippen molar-refractivity contribution >= 4 is 47.6 Å². The van der Waals surface area contributed by atoms with Crippen LogP contribution in [0.15, 0.2) is 54.6 Å². The second kappa shape index (κ2) is 19.0. The van der Waals surface area contributed by atoms with Crippen LogP contribution in [-0.2, 0) is 62.8 Å². The Hall–Kier alpha value is -7.02. The van der Waals surface area contributed by atoms with Gasteiger partial charge in [0.1, 0.15) is 47.4 Å². The quantitative estimate of drug-likeness (QED) is 0.0792. The van der Waals surface area contributed by atoms with Crippen LogP contribution in [0.3, 0.4) is 0 Å². The Bertz CT molecular complexity index is 3530. The van der Waals surface area contributed by atoms with E-state index in [0.29, 0.717) is 16.7 Å². The topological polar surface area (TPSA) is 331 Å². The number of fused-ring (bicyclic) bond motifs is 15. The Morgan fingerprint density at radius 1 is 0.716 bits per heavy atom. The van der Waals surface area contributed by atoms with E-state index in [4.69, 9.17) is 42.6 Å². The number of amides is 2. The summed E-state index contributed by atoms with van der Waals surface area (Å²) >= 11 is 0. The van der Waals surface area contributed by atoms with Gasteiger partial charge in [0.05, 0.1) is 58.8 Å². The number of aliphatic hydroxyl groups excluding tert-OH is 3. The zero-order valence-corrected chi connectivity index (χ0v) is 51.1. The van der Waals surface area contributed by atoms with E-state index in [1.807, 2.05) is 6.92 Å². The second-order valence-corrected chi connectivity index (χ2v) is 29.0. The van der Waals surface area contributed by atoms with Gasteiger partial charge in [0.2, 0.25) is 11.7 Å². The van der Waals surface area contributed by atoms with Crippen LogP contribution in [0.2, 0.25) is 0 Å². The minimum Gasteiger partial charge on any atom is -0.458 e. The van der Waals surface area contributed by atoms with Crippen molar-refractivity contribution in [3.05, 3.63) is 82.4 Å². The fraction of sp³-hybridized carbons (Fsp3) is 0.600. The molecule has 0 radical (unpaired) electrons. The molecule has 5 aliphatic carbocycles. The lowest BCUT2D eigenvalue weighted by atomic mass is 9.40. The third kappa shape index (κ3) is 7.94. The predicted molar refractivity (Wildman–Crippen MR) is 300 cm³/mol. The molecule has 8 fully saturated rings. The number of epoxide rings is 2. The molecule has 88 heavy (non-hydrogen) atoms. The minimum absolute atomic E-state index is 0.00629. The highest BCUT2D eigenvalue weighted by Crippen LogP contribution is 2.81. The van der Waals surface area contributed by atoms with E-state index in [2.05, 4.69) is 10.6 Å². The van der Waals surface area contributed by atoms with E-state index in [0.717, 1.165) is 0 Å². The molecular weight excluding hydrogens is 1140 g/mol. The number of hydrogen-bond donors (Lipinski definition) is 6. The van der Waals surface area contributed by atoms with Crippen molar-refractivity contribution in [1.29, 1.82) is 0 Å². The standard InChI is InChI=1S/C65H74N2O21/c1-25-41-44(62(12)63(13,79)57(78)88-65(62)51(25)86-65)47(72)42-40-43(49(80-26(2)68)52(61(41,42)11)81-27(3)69)60(10)35(23-38-48(85-38)50(60)73)45(46(40)71)67-39(70)24-66-53(74)28-14-17-32-31(20-28)54(75)87-64(32)33-18-15-29(82-55(76)58(4,5)6)21-36(33)84-37-22-30(16-19-34(37)64)83-56(77)59(7,8)9/h14-22,25,35,38,40-52,71-73,79H,23-24H2,1-13H3,(H,66,74)(H,67,70)/t25-,35+,38-,40?,41-,42+,43?,44-,45-,46+,47+,48-,49-,50-,51+,52-,60-,61+,62-,63+,65-/m0/s1. The van der Waals surface area contributed by atoms with Gasteiger partial charge >= 0.3 is 35.8 Å². The fourth-order valence-corrected chi connectivity index (χ4v) is 18.0. The fourth-order valence-electron chi connectivity index (χ4n) is 18.0. The van der Waals surface area contributed by atoms with Crippen molar-refractivity contribution in [2.24, 2.45) is 68.5 Å². The molecule has 23 nitrogen and oxygen atoms in total. The van der Waals surface area contributed by atoms with Gasteiger partial charge in [-0.25, -0.2) is 9.59 Å². The summed E-state index contributed by atoms with van der Waals surface area (Å²) in [6.07, 6.45) is -8.92. The molecule has 10 aliphatic rings. The smallest absolute Gasteiger partial charge is 0.341 e. The first-order valence-electron chi connectivity index (χ1n) is 30.0. The van der Waals surface area contributed by atoms with Gasteiger partial charge in [0.15, 0.2) is 11.2 Å². The van der Waals surface area contributed by atoms with Gasteiger partial charge < -0.3 is 73.7 Å². The lowest BCUT2D eigenvalue weighted by molar-refractivity contribution is -0.285. The SMILES string of the molecule is CC(=O)O[C@H]1C2C([C@@H](O)[C@@H](NC(=O)CNC(=O)c3ccc4c(c3)C(=O)OC43c4ccc(OC(=O)C(C)(C)C)cc4Oc4cc(OC(=O)C(C)(C)C)ccc43)[C@H]3C[C@@H]4O[C@@H]4[C@H](O)[C@]23C)[C@@H]2[C@@H](O)[C@@H]3[C@H]([C@H](C)[C@H]4O[C@]45OC(=O)[C@@](C)(O)[C@]35C)[C@@]2(C)[C@H]1OC(C)=O. The summed E-state index contributed by atoms with van der Waals surface area (Å²) in [5, 5.41) is 57.2. The minimum atomic E-state index is -2.22. The highest BCUT2D eigenvalue weighted by molar-refractivity contribution is 6.02. The van der Waals surface area contributed by atoms with E-state index < -0.39 is 195 Å². The average molecular weight is 1220 g/mol. The largest absolute Gasteiger partial charge is 0.458 e. The number of carbonyl (C=O) groups excluding carboxylic acids is 8. The van der Waals surface area contributed by atoms with Crippen LogP contribution in [0.25, 0.3) is 0 Å². The second-order valence-electron chi connectivity index (χ2n) is 29.0. The molecule has 0 aromatic heterocycles. The summed E-state index contributed by atoms with van der Waals surface area (Å²) in [4.78, 5) is 110. The maximum absolute atomic E-state index is 14.6. The lowest BCUT2D eigenvalue weighted by Gasteiger charge is -2.67. The van der Waals surface area contributed by atoms with Gasteiger partial charge in [0.25, 0.3) is 5.91 Å². The maximum atomic E-state index is 14.6. The molecule has 3 aromatic rings. The molecule has 5 saturated carbocycles. The number of carbonyl (C=O) groups is 8. The number of hydrogen-bond acceptors (Lipinski definition) is 21. The number of nitrogens with one attached hydrogen (secondary N) is 2. The molecule has 2 spiro atoms. The van der Waals surface area contributed by atoms with Crippen molar-refractivity contribution in [2.75, 3.05) is 6.54 Å². The van der Waals surface area contributed by atoms with Crippen molar-refractivity contribution < 1.29 is 101 Å². The van der Waals surface area contributed by atoms with Gasteiger partial charge in [-0.2, -0.15) is 0 Å². The molecule has 3 aromatic carbocycles. The zero-order chi connectivity index (χ0) is 63.6. The average Bonchev–Trinajstić information content (AvgIpc) is 1.44. The van der Waals surface area contributed by atoms with Crippen molar-refractivity contribution in [1.82, 2.24) is 10.6 Å². The molecule has 13 rings (SSSR count). The number of benzene rings is 3. The molecule has 5 aliphatic heterocycles. The number of aliphatic hydroxyl groups is 4. The first-order valence-corrected chi connectivity index (χ1v) is 30.0. The Kier molecular flexibility index (Phi) is 12.9. The molecule has 5 heterocycles. The normalized spacial score (nSPS) is 40.2. The molecule has 21 atom stereocenters. The molecule has 470 valence electrons. The number of ether oxygens (including phenoxy) is 9. The third-order valence-corrected chi connectivity index (χ3v) is 22.1. The summed E-state index contributed by atoms with van der Waals surface area (Å²) in [5.74, 6) is -13.5. The van der Waals surface area contributed by atoms with Crippen LogP contribution >= 0.6 is 0 Å². The maximum Gasteiger partial charge on any atom is 0.341 e. The molecule has 3 saturated heterocycles. The third-order valence-electron chi connectivity index (χ3n) is 22.1. The van der Waals surface area contributed by atoms with Crippen molar-refractivity contribution in [3.8, 4) is 23.0 Å². The first-order chi connectivity index (χ1) is 41.0. The summed E-state index contributed by atoms with van der Waals surface area (Å²) in [6.45, 7) is 20.3. The molecule has 23 heteroatoms. The molecule has 2 amide bonds. The highest BCUT2D eigenvalue weighted by atomic mass is 16.8. The van der Waals surface area contributed by atoms with Gasteiger partial charge in [-0.3, -0.25) is 28.8 Å². The van der Waals surface area contributed by atoms with Crippen LogP contribution in [0, 0.1) is 68.5 Å². The van der Waals surface area contributed by atoms with Gasteiger partial charge in [-0.15, -0.1) is 0 Å². The zero-order valence-electron chi connectivity index (χ0n) is 51.1. The molecule has 6 N–H and O–H groups in total. The predicted octanol–water partition coefficient (Wildman–Crippen LogP) is 4.30. The number of esters is 6. The van der Waals surface area contributed by atoms with Crippen molar-refractivity contribution in [2.45, 2.75) is 168 Å².